The fraction of sp³-hybridized carbons (Fsp3) is 0.300. The third-order valence-electron chi connectivity index (χ3n) is 2.47. The standard InChI is InChI=1S/C10H8BrF3N2O/c11-7-2-1-5(10(12,13)14)3-6(7)8-4-15-9(17)16-8/h1-3,8H,4H2,(H2,15,16,17)/t8-/m0/s1. The van der Waals surface area contributed by atoms with Crippen molar-refractivity contribution in [2.75, 3.05) is 6.54 Å². The lowest BCUT2D eigenvalue weighted by molar-refractivity contribution is -0.137. The Balaban J connectivity index is 2.36. The van der Waals surface area contributed by atoms with Gasteiger partial charge in [-0.15, -0.1) is 0 Å². The molecule has 0 aliphatic carbocycles. The second-order valence-corrected chi connectivity index (χ2v) is 4.50. The summed E-state index contributed by atoms with van der Waals surface area (Å²) in [5, 5.41) is 5.04. The van der Waals surface area contributed by atoms with Crippen molar-refractivity contribution in [1.82, 2.24) is 10.6 Å². The molecule has 17 heavy (non-hydrogen) atoms. The molecule has 92 valence electrons. The van der Waals surface area contributed by atoms with Crippen LogP contribution in [-0.2, 0) is 6.18 Å². The van der Waals surface area contributed by atoms with Crippen LogP contribution in [0.1, 0.15) is 17.2 Å². The number of rotatable bonds is 1. The van der Waals surface area contributed by atoms with Gasteiger partial charge in [-0.1, -0.05) is 15.9 Å². The molecule has 1 fully saturated rings. The van der Waals surface area contributed by atoms with Crippen molar-refractivity contribution in [3.8, 4) is 0 Å². The molecule has 1 aromatic carbocycles. The second kappa shape index (κ2) is 4.21. The van der Waals surface area contributed by atoms with E-state index < -0.39 is 17.8 Å². The molecule has 2 N–H and O–H groups in total. The maximum absolute atomic E-state index is 12.5. The van der Waals surface area contributed by atoms with Gasteiger partial charge < -0.3 is 10.6 Å². The van der Waals surface area contributed by atoms with Gasteiger partial charge in [0.25, 0.3) is 0 Å². The third kappa shape index (κ3) is 2.54. The molecule has 1 aromatic rings. The van der Waals surface area contributed by atoms with E-state index in [0.717, 1.165) is 12.1 Å². The van der Waals surface area contributed by atoms with Gasteiger partial charge >= 0.3 is 12.2 Å². The lowest BCUT2D eigenvalue weighted by Gasteiger charge is -2.14. The summed E-state index contributed by atoms with van der Waals surface area (Å²) < 4.78 is 38.2. The number of urea groups is 1. The van der Waals surface area contributed by atoms with Gasteiger partial charge in [0.2, 0.25) is 0 Å². The number of benzene rings is 1. The fourth-order valence-corrected chi connectivity index (χ4v) is 2.15. The van der Waals surface area contributed by atoms with Gasteiger partial charge in [-0.2, -0.15) is 13.2 Å². The summed E-state index contributed by atoms with van der Waals surface area (Å²) in [4.78, 5) is 11.0. The molecule has 0 radical (unpaired) electrons. The molecule has 0 unspecified atom stereocenters. The summed E-state index contributed by atoms with van der Waals surface area (Å²) in [6, 6.07) is 2.56. The molecule has 1 heterocycles. The molecule has 1 atom stereocenters. The molecule has 1 aliphatic heterocycles. The van der Waals surface area contributed by atoms with Crippen molar-refractivity contribution >= 4 is 22.0 Å². The van der Waals surface area contributed by atoms with E-state index in [0.29, 0.717) is 10.0 Å². The molecule has 0 spiro atoms. The largest absolute Gasteiger partial charge is 0.416 e. The first-order chi connectivity index (χ1) is 7.88. The first kappa shape index (κ1) is 12.2. The highest BCUT2D eigenvalue weighted by Gasteiger charge is 2.32. The molecule has 0 bridgehead atoms. The maximum atomic E-state index is 12.5. The van der Waals surface area contributed by atoms with Crippen LogP contribution in [0.5, 0.6) is 0 Å². The fourth-order valence-electron chi connectivity index (χ4n) is 1.63. The van der Waals surface area contributed by atoms with Crippen LogP contribution in [0.4, 0.5) is 18.0 Å². The van der Waals surface area contributed by atoms with Crippen LogP contribution in [-0.4, -0.2) is 12.6 Å². The van der Waals surface area contributed by atoms with Crippen LogP contribution in [0.25, 0.3) is 0 Å². The first-order valence-electron chi connectivity index (χ1n) is 4.79. The Bertz CT molecular complexity index is 461. The van der Waals surface area contributed by atoms with E-state index in [4.69, 9.17) is 0 Å². The smallest absolute Gasteiger partial charge is 0.336 e. The Hall–Kier alpha value is -1.24. The summed E-state index contributed by atoms with van der Waals surface area (Å²) in [6.07, 6.45) is -4.38. The highest BCUT2D eigenvalue weighted by molar-refractivity contribution is 9.10. The van der Waals surface area contributed by atoms with Crippen LogP contribution >= 0.6 is 15.9 Å². The number of amides is 2. The van der Waals surface area contributed by atoms with Crippen molar-refractivity contribution < 1.29 is 18.0 Å². The quantitative estimate of drug-likeness (QED) is 0.823. The van der Waals surface area contributed by atoms with Gasteiger partial charge in [0.15, 0.2) is 0 Å². The molecule has 7 heteroatoms. The minimum Gasteiger partial charge on any atom is -0.336 e. The molecule has 0 saturated carbocycles. The summed E-state index contributed by atoms with van der Waals surface area (Å²) >= 11 is 3.18. The SMILES string of the molecule is O=C1NC[C@@H](c2cc(C(F)(F)F)ccc2Br)N1. The van der Waals surface area contributed by atoms with E-state index in [-0.39, 0.29) is 12.6 Å². The summed E-state index contributed by atoms with van der Waals surface area (Å²) in [6.45, 7) is 0.277. The Morgan fingerprint density at radius 3 is 2.59 bits per heavy atom. The normalized spacial score (nSPS) is 20.0. The number of nitrogens with one attached hydrogen (secondary N) is 2. The second-order valence-electron chi connectivity index (χ2n) is 3.64. The van der Waals surface area contributed by atoms with Gasteiger partial charge in [-0.3, -0.25) is 0 Å². The predicted octanol–water partition coefficient (Wildman–Crippen LogP) is 2.82. The Kier molecular flexibility index (Phi) is 3.03. The topological polar surface area (TPSA) is 41.1 Å². The van der Waals surface area contributed by atoms with E-state index in [1.54, 1.807) is 0 Å². The van der Waals surface area contributed by atoms with E-state index >= 15 is 0 Å². The molecule has 1 aliphatic rings. The number of halogens is 4. The number of carbonyl (C=O) groups excluding carboxylic acids is 1. The molecule has 2 amide bonds. The van der Waals surface area contributed by atoms with Crippen LogP contribution in [0.15, 0.2) is 22.7 Å². The molecular formula is C10H8BrF3N2O. The summed E-state index contributed by atoms with van der Waals surface area (Å²) in [5.41, 5.74) is -0.310. The summed E-state index contributed by atoms with van der Waals surface area (Å²) in [7, 11) is 0. The summed E-state index contributed by atoms with van der Waals surface area (Å²) in [5.74, 6) is 0. The molecule has 0 aromatic heterocycles. The molecule has 3 nitrogen and oxygen atoms in total. The van der Waals surface area contributed by atoms with Crippen LogP contribution in [0, 0.1) is 0 Å². The van der Waals surface area contributed by atoms with Crippen molar-refractivity contribution in [3.63, 3.8) is 0 Å². The molecule has 1 saturated heterocycles. The van der Waals surface area contributed by atoms with Crippen LogP contribution < -0.4 is 10.6 Å². The van der Waals surface area contributed by atoms with Crippen molar-refractivity contribution in [1.29, 1.82) is 0 Å². The van der Waals surface area contributed by atoms with E-state index in [2.05, 4.69) is 26.6 Å². The van der Waals surface area contributed by atoms with Gasteiger partial charge in [-0.25, -0.2) is 4.79 Å². The Morgan fingerprint density at radius 2 is 2.06 bits per heavy atom. The maximum Gasteiger partial charge on any atom is 0.416 e. The highest BCUT2D eigenvalue weighted by atomic mass is 79.9. The minimum absolute atomic E-state index is 0.277. The molecule has 2 rings (SSSR count). The first-order valence-corrected chi connectivity index (χ1v) is 5.58. The minimum atomic E-state index is -4.38. The van der Waals surface area contributed by atoms with Crippen LogP contribution in [0.3, 0.4) is 0 Å². The number of hydrogen-bond acceptors (Lipinski definition) is 1. The predicted molar refractivity (Wildman–Crippen MR) is 58.4 cm³/mol. The Labute approximate surface area is 104 Å². The lowest BCUT2D eigenvalue weighted by Crippen LogP contribution is -2.22. The average Bonchev–Trinajstić information content (AvgIpc) is 2.63. The van der Waals surface area contributed by atoms with Crippen molar-refractivity contribution in [3.05, 3.63) is 33.8 Å². The number of hydrogen-bond donors (Lipinski definition) is 2. The number of alkyl halides is 3. The van der Waals surface area contributed by atoms with E-state index in [9.17, 15) is 18.0 Å². The van der Waals surface area contributed by atoms with E-state index in [1.165, 1.54) is 6.07 Å². The zero-order chi connectivity index (χ0) is 12.6. The van der Waals surface area contributed by atoms with Crippen molar-refractivity contribution in [2.24, 2.45) is 0 Å². The van der Waals surface area contributed by atoms with Gasteiger partial charge in [0.1, 0.15) is 0 Å². The van der Waals surface area contributed by atoms with E-state index in [1.807, 2.05) is 0 Å². The zero-order valence-corrected chi connectivity index (χ0v) is 10.0. The lowest BCUT2D eigenvalue weighted by atomic mass is 10.0. The average molecular weight is 309 g/mol. The van der Waals surface area contributed by atoms with Gasteiger partial charge in [0, 0.05) is 11.0 Å². The van der Waals surface area contributed by atoms with Crippen molar-refractivity contribution in [2.45, 2.75) is 12.2 Å². The Morgan fingerprint density at radius 1 is 1.35 bits per heavy atom. The van der Waals surface area contributed by atoms with Crippen LogP contribution in [0.2, 0.25) is 0 Å². The molecular weight excluding hydrogens is 301 g/mol. The number of carbonyl (C=O) groups is 1. The third-order valence-corrected chi connectivity index (χ3v) is 3.19. The van der Waals surface area contributed by atoms with Gasteiger partial charge in [-0.05, 0) is 23.8 Å². The highest BCUT2D eigenvalue weighted by Crippen LogP contribution is 2.34. The van der Waals surface area contributed by atoms with Gasteiger partial charge in [0.05, 0.1) is 11.6 Å². The zero-order valence-electron chi connectivity index (χ0n) is 8.44. The monoisotopic (exact) mass is 308 g/mol.